The molecule has 0 radical (unpaired) electrons. The fourth-order valence-corrected chi connectivity index (χ4v) is 4.01. The number of H-pyrrole nitrogens is 1. The van der Waals surface area contributed by atoms with Crippen molar-refractivity contribution in [3.63, 3.8) is 0 Å². The van der Waals surface area contributed by atoms with E-state index in [-0.39, 0.29) is 23.5 Å². The lowest BCUT2D eigenvalue weighted by molar-refractivity contribution is 0.0943. The van der Waals surface area contributed by atoms with E-state index in [1.54, 1.807) is 18.3 Å². The van der Waals surface area contributed by atoms with E-state index in [4.69, 9.17) is 0 Å². The first-order chi connectivity index (χ1) is 9.05. The topological polar surface area (TPSA) is 91.9 Å². The number of carbonyl (C=O) groups is 1. The van der Waals surface area contributed by atoms with Gasteiger partial charge in [0.25, 0.3) is 5.91 Å². The summed E-state index contributed by atoms with van der Waals surface area (Å²) in [6.45, 7) is 0. The Labute approximate surface area is 110 Å². The van der Waals surface area contributed by atoms with Gasteiger partial charge in [0, 0.05) is 11.4 Å². The van der Waals surface area contributed by atoms with Crippen LogP contribution in [0.15, 0.2) is 24.4 Å². The number of carbonyl (C=O) groups excluding carboxylic acids is 1. The van der Waals surface area contributed by atoms with Crippen molar-refractivity contribution in [3.8, 4) is 0 Å². The third-order valence-corrected chi connectivity index (χ3v) is 5.07. The number of hydrogen-bond acceptors (Lipinski definition) is 4. The summed E-state index contributed by atoms with van der Waals surface area (Å²) < 4.78 is 22.7. The highest BCUT2D eigenvalue weighted by Crippen LogP contribution is 2.17. The molecule has 2 N–H and O–H groups in total. The molecule has 1 saturated heterocycles. The molecule has 0 aliphatic carbocycles. The minimum Gasteiger partial charge on any atom is -0.348 e. The van der Waals surface area contributed by atoms with Crippen molar-refractivity contribution in [2.75, 3.05) is 11.5 Å². The van der Waals surface area contributed by atoms with E-state index >= 15 is 0 Å². The number of sulfone groups is 1. The van der Waals surface area contributed by atoms with Crippen LogP contribution in [0.25, 0.3) is 10.9 Å². The monoisotopic (exact) mass is 279 g/mol. The molecule has 0 bridgehead atoms. The molecule has 100 valence electrons. The Kier molecular flexibility index (Phi) is 2.78. The van der Waals surface area contributed by atoms with Crippen molar-refractivity contribution in [2.24, 2.45) is 0 Å². The number of aromatic nitrogens is 2. The zero-order chi connectivity index (χ0) is 13.5. The Morgan fingerprint density at radius 3 is 3.00 bits per heavy atom. The lowest BCUT2D eigenvalue weighted by Crippen LogP contribution is -2.35. The lowest BCUT2D eigenvalue weighted by Gasteiger charge is -2.11. The first kappa shape index (κ1) is 12.2. The largest absolute Gasteiger partial charge is 0.348 e. The van der Waals surface area contributed by atoms with E-state index in [1.165, 1.54) is 0 Å². The van der Waals surface area contributed by atoms with Crippen LogP contribution in [0.4, 0.5) is 0 Å². The van der Waals surface area contributed by atoms with Gasteiger partial charge in [0.05, 0.1) is 28.8 Å². The third kappa shape index (κ3) is 2.33. The summed E-state index contributed by atoms with van der Waals surface area (Å²) in [5.41, 5.74) is 1.29. The number of nitrogens with one attached hydrogen (secondary N) is 2. The van der Waals surface area contributed by atoms with Crippen LogP contribution in [-0.4, -0.2) is 42.1 Å². The normalized spacial score (nSPS) is 21.6. The molecule has 6 nitrogen and oxygen atoms in total. The Morgan fingerprint density at radius 1 is 1.42 bits per heavy atom. The molecule has 1 aromatic heterocycles. The quantitative estimate of drug-likeness (QED) is 0.836. The van der Waals surface area contributed by atoms with E-state index in [2.05, 4.69) is 15.5 Å². The first-order valence-electron chi connectivity index (χ1n) is 5.98. The number of rotatable bonds is 2. The van der Waals surface area contributed by atoms with Crippen LogP contribution >= 0.6 is 0 Å². The fraction of sp³-hybridized carbons (Fsp3) is 0.333. The number of benzene rings is 1. The maximum Gasteiger partial charge on any atom is 0.252 e. The molecule has 0 saturated carbocycles. The van der Waals surface area contributed by atoms with Crippen LogP contribution in [0, 0.1) is 0 Å². The molecule has 7 heteroatoms. The van der Waals surface area contributed by atoms with E-state index in [0.29, 0.717) is 12.0 Å². The second kappa shape index (κ2) is 4.34. The zero-order valence-corrected chi connectivity index (χ0v) is 10.9. The summed E-state index contributed by atoms with van der Waals surface area (Å²) in [5, 5.41) is 10.2. The van der Waals surface area contributed by atoms with E-state index in [0.717, 1.165) is 10.9 Å². The SMILES string of the molecule is O=C(NC1CCS(=O)(=O)C1)c1cccc2[nH]ncc12. The van der Waals surface area contributed by atoms with Crippen molar-refractivity contribution < 1.29 is 13.2 Å². The zero-order valence-electron chi connectivity index (χ0n) is 10.1. The summed E-state index contributed by atoms with van der Waals surface area (Å²) in [5.74, 6) is -0.0809. The second-order valence-electron chi connectivity index (χ2n) is 4.71. The van der Waals surface area contributed by atoms with Crippen LogP contribution in [0.2, 0.25) is 0 Å². The smallest absolute Gasteiger partial charge is 0.252 e. The van der Waals surface area contributed by atoms with Crippen molar-refractivity contribution >= 4 is 26.6 Å². The van der Waals surface area contributed by atoms with Crippen molar-refractivity contribution in [1.29, 1.82) is 0 Å². The van der Waals surface area contributed by atoms with Crippen molar-refractivity contribution in [2.45, 2.75) is 12.5 Å². The van der Waals surface area contributed by atoms with Crippen LogP contribution in [0.5, 0.6) is 0 Å². The average Bonchev–Trinajstić information content (AvgIpc) is 2.94. The minimum atomic E-state index is -2.99. The molecule has 19 heavy (non-hydrogen) atoms. The number of amides is 1. The van der Waals surface area contributed by atoms with Gasteiger partial charge in [0.2, 0.25) is 0 Å². The van der Waals surface area contributed by atoms with E-state index in [9.17, 15) is 13.2 Å². The molecule has 0 spiro atoms. The first-order valence-corrected chi connectivity index (χ1v) is 7.81. The second-order valence-corrected chi connectivity index (χ2v) is 6.94. The van der Waals surface area contributed by atoms with Crippen molar-refractivity contribution in [1.82, 2.24) is 15.5 Å². The summed E-state index contributed by atoms with van der Waals surface area (Å²) in [4.78, 5) is 12.2. The number of fused-ring (bicyclic) bond motifs is 1. The molecule has 1 aliphatic heterocycles. The minimum absolute atomic E-state index is 0.0279. The van der Waals surface area contributed by atoms with Gasteiger partial charge in [-0.05, 0) is 18.6 Å². The maximum absolute atomic E-state index is 12.2. The number of hydrogen-bond donors (Lipinski definition) is 2. The molecule has 1 aromatic carbocycles. The Morgan fingerprint density at radius 2 is 2.26 bits per heavy atom. The number of aromatic amines is 1. The van der Waals surface area contributed by atoms with Gasteiger partial charge < -0.3 is 5.32 Å². The van der Waals surface area contributed by atoms with Gasteiger partial charge in [0.15, 0.2) is 9.84 Å². The summed E-state index contributed by atoms with van der Waals surface area (Å²) in [6, 6.07) is 5.01. The molecule has 1 atom stereocenters. The van der Waals surface area contributed by atoms with Gasteiger partial charge in [-0.15, -0.1) is 0 Å². The predicted octanol–water partition coefficient (Wildman–Crippen LogP) is 0.480. The van der Waals surface area contributed by atoms with Crippen LogP contribution in [-0.2, 0) is 9.84 Å². The predicted molar refractivity (Wildman–Crippen MR) is 70.6 cm³/mol. The van der Waals surface area contributed by atoms with Crippen LogP contribution in [0.3, 0.4) is 0 Å². The van der Waals surface area contributed by atoms with E-state index in [1.807, 2.05) is 6.07 Å². The van der Waals surface area contributed by atoms with Gasteiger partial charge in [-0.25, -0.2) is 8.42 Å². The third-order valence-electron chi connectivity index (χ3n) is 3.30. The highest BCUT2D eigenvalue weighted by atomic mass is 32.2. The molecule has 1 fully saturated rings. The van der Waals surface area contributed by atoms with Gasteiger partial charge in [0.1, 0.15) is 0 Å². The standard InChI is InChI=1S/C12H13N3O3S/c16-12(14-8-4-5-19(17,18)7-8)9-2-1-3-11-10(9)6-13-15-11/h1-3,6,8H,4-5,7H2,(H,13,15)(H,14,16). The Hall–Kier alpha value is -1.89. The summed E-state index contributed by atoms with van der Waals surface area (Å²) in [6.07, 6.45) is 2.07. The van der Waals surface area contributed by atoms with Gasteiger partial charge in [-0.2, -0.15) is 5.10 Å². The summed E-state index contributed by atoms with van der Waals surface area (Å²) in [7, 11) is -2.99. The molecule has 1 aliphatic rings. The fourth-order valence-electron chi connectivity index (χ4n) is 2.34. The molecule has 2 aromatic rings. The lowest BCUT2D eigenvalue weighted by atomic mass is 10.1. The highest BCUT2D eigenvalue weighted by molar-refractivity contribution is 7.91. The van der Waals surface area contributed by atoms with E-state index < -0.39 is 9.84 Å². The van der Waals surface area contributed by atoms with Gasteiger partial charge in [-0.3, -0.25) is 9.89 Å². The molecule has 3 rings (SSSR count). The average molecular weight is 279 g/mol. The molecule has 2 heterocycles. The Balaban J connectivity index is 1.83. The molecule has 1 amide bonds. The van der Waals surface area contributed by atoms with Crippen molar-refractivity contribution in [3.05, 3.63) is 30.0 Å². The molecule has 1 unspecified atom stereocenters. The summed E-state index contributed by atoms with van der Waals surface area (Å²) >= 11 is 0. The van der Waals surface area contributed by atoms with Gasteiger partial charge >= 0.3 is 0 Å². The highest BCUT2D eigenvalue weighted by Gasteiger charge is 2.29. The molecular formula is C12H13N3O3S. The maximum atomic E-state index is 12.2. The van der Waals surface area contributed by atoms with Gasteiger partial charge in [-0.1, -0.05) is 6.07 Å². The Bertz CT molecular complexity index is 736. The molecular weight excluding hydrogens is 266 g/mol. The van der Waals surface area contributed by atoms with Crippen LogP contribution < -0.4 is 5.32 Å². The van der Waals surface area contributed by atoms with Crippen LogP contribution in [0.1, 0.15) is 16.8 Å². The number of nitrogens with zero attached hydrogens (tertiary/aromatic N) is 1.